The van der Waals surface area contributed by atoms with Gasteiger partial charge in [-0.25, -0.2) is 0 Å². The molecule has 0 bridgehead atoms. The van der Waals surface area contributed by atoms with Gasteiger partial charge in [-0.3, -0.25) is 10.1 Å². The zero-order chi connectivity index (χ0) is 21.3. The largest absolute Gasteiger partial charge is 0.491 e. The van der Waals surface area contributed by atoms with E-state index in [2.05, 4.69) is 13.8 Å². The average molecular weight is 400 g/mol. The van der Waals surface area contributed by atoms with Gasteiger partial charge in [0.1, 0.15) is 12.4 Å². The molecule has 1 aliphatic rings. The van der Waals surface area contributed by atoms with E-state index in [9.17, 15) is 10.1 Å². The van der Waals surface area contributed by atoms with Crippen molar-refractivity contribution in [3.8, 4) is 16.9 Å². The van der Waals surface area contributed by atoms with Gasteiger partial charge in [0.25, 0.3) is 5.69 Å². The van der Waals surface area contributed by atoms with Crippen LogP contribution in [0.3, 0.4) is 0 Å². The standard InChI is InChI=1S/C25H24N2O3/c1-16(2)24(26)15-30-25-10-6-3-7-17(25)13-22-20-9-5-4-8-19(20)21-12-11-18(27(28)29)14-23(21)22/h3-14,16,24H,15,26H2,1-2H3/b22-13+/t24-/m1/s1. The smallest absolute Gasteiger partial charge is 0.270 e. The zero-order valence-corrected chi connectivity index (χ0v) is 17.0. The number of ether oxygens (including phenoxy) is 1. The number of hydrogen-bond donors (Lipinski definition) is 1. The summed E-state index contributed by atoms with van der Waals surface area (Å²) in [5.74, 6) is 1.07. The van der Waals surface area contributed by atoms with Crippen molar-refractivity contribution >= 4 is 17.3 Å². The molecule has 2 N–H and O–H groups in total. The third-order valence-electron chi connectivity index (χ3n) is 5.52. The molecule has 3 aromatic rings. The molecule has 0 aromatic heterocycles. The van der Waals surface area contributed by atoms with E-state index < -0.39 is 0 Å². The Morgan fingerprint density at radius 1 is 0.967 bits per heavy atom. The first-order valence-corrected chi connectivity index (χ1v) is 10.0. The molecule has 0 radical (unpaired) electrons. The number of benzene rings is 3. The third-order valence-corrected chi connectivity index (χ3v) is 5.52. The molecule has 0 saturated carbocycles. The molecule has 1 atom stereocenters. The van der Waals surface area contributed by atoms with Crippen molar-refractivity contribution in [3.05, 3.63) is 93.5 Å². The zero-order valence-electron chi connectivity index (χ0n) is 17.0. The maximum atomic E-state index is 11.4. The van der Waals surface area contributed by atoms with E-state index in [1.165, 1.54) is 0 Å². The number of nitro benzene ring substituents is 1. The minimum Gasteiger partial charge on any atom is -0.491 e. The second kappa shape index (κ2) is 8.13. The van der Waals surface area contributed by atoms with Crippen LogP contribution in [0.25, 0.3) is 22.8 Å². The Balaban J connectivity index is 1.80. The van der Waals surface area contributed by atoms with Crippen molar-refractivity contribution in [2.45, 2.75) is 19.9 Å². The van der Waals surface area contributed by atoms with Crippen LogP contribution in [-0.4, -0.2) is 17.6 Å². The number of fused-ring (bicyclic) bond motifs is 3. The van der Waals surface area contributed by atoms with Gasteiger partial charge in [-0.05, 0) is 52.0 Å². The maximum absolute atomic E-state index is 11.4. The Kier molecular flexibility index (Phi) is 5.38. The quantitative estimate of drug-likeness (QED) is 0.341. The lowest BCUT2D eigenvalue weighted by Crippen LogP contribution is -2.33. The number of rotatable bonds is 6. The highest BCUT2D eigenvalue weighted by atomic mass is 16.6. The third kappa shape index (κ3) is 3.72. The Bertz CT molecular complexity index is 1130. The van der Waals surface area contributed by atoms with Crippen LogP contribution in [-0.2, 0) is 0 Å². The fourth-order valence-electron chi connectivity index (χ4n) is 3.62. The Hall–Kier alpha value is -3.44. The van der Waals surface area contributed by atoms with Gasteiger partial charge in [0.2, 0.25) is 0 Å². The van der Waals surface area contributed by atoms with Crippen molar-refractivity contribution in [1.29, 1.82) is 0 Å². The van der Waals surface area contributed by atoms with E-state index in [4.69, 9.17) is 10.5 Å². The van der Waals surface area contributed by atoms with Gasteiger partial charge in [-0.2, -0.15) is 0 Å². The van der Waals surface area contributed by atoms with Crippen molar-refractivity contribution in [3.63, 3.8) is 0 Å². The summed E-state index contributed by atoms with van der Waals surface area (Å²) in [7, 11) is 0. The van der Waals surface area contributed by atoms with Crippen LogP contribution >= 0.6 is 0 Å². The lowest BCUT2D eigenvalue weighted by molar-refractivity contribution is -0.384. The molecule has 0 aliphatic heterocycles. The van der Waals surface area contributed by atoms with E-state index in [1.807, 2.05) is 60.7 Å². The summed E-state index contributed by atoms with van der Waals surface area (Å²) >= 11 is 0. The van der Waals surface area contributed by atoms with E-state index in [0.29, 0.717) is 12.5 Å². The van der Waals surface area contributed by atoms with Crippen molar-refractivity contribution in [2.75, 3.05) is 6.61 Å². The van der Waals surface area contributed by atoms with Crippen LogP contribution in [0.1, 0.15) is 30.5 Å². The topological polar surface area (TPSA) is 78.4 Å². The van der Waals surface area contributed by atoms with Crippen molar-refractivity contribution in [2.24, 2.45) is 11.7 Å². The summed E-state index contributed by atoms with van der Waals surface area (Å²) < 4.78 is 6.03. The monoisotopic (exact) mass is 400 g/mol. The normalized spacial score (nSPS) is 14.5. The Labute approximate surface area is 176 Å². The van der Waals surface area contributed by atoms with Gasteiger partial charge in [-0.1, -0.05) is 56.3 Å². The van der Waals surface area contributed by atoms with Crippen LogP contribution in [0.2, 0.25) is 0 Å². The minimum atomic E-state index is -0.356. The summed E-state index contributed by atoms with van der Waals surface area (Å²) in [5, 5.41) is 11.4. The van der Waals surface area contributed by atoms with Crippen LogP contribution in [0.5, 0.6) is 5.75 Å². The summed E-state index contributed by atoms with van der Waals surface area (Å²) in [6.45, 7) is 4.57. The number of para-hydroxylation sites is 1. The van der Waals surface area contributed by atoms with E-state index in [-0.39, 0.29) is 16.7 Å². The first-order chi connectivity index (χ1) is 14.5. The maximum Gasteiger partial charge on any atom is 0.270 e. The van der Waals surface area contributed by atoms with Crippen LogP contribution < -0.4 is 10.5 Å². The molecule has 0 saturated heterocycles. The highest BCUT2D eigenvalue weighted by Gasteiger charge is 2.25. The van der Waals surface area contributed by atoms with Crippen LogP contribution in [0.15, 0.2) is 66.7 Å². The van der Waals surface area contributed by atoms with Crippen LogP contribution in [0, 0.1) is 16.0 Å². The number of nitrogens with zero attached hydrogens (tertiary/aromatic N) is 1. The number of nitro groups is 1. The first kappa shape index (κ1) is 19.9. The highest BCUT2D eigenvalue weighted by Crippen LogP contribution is 2.46. The van der Waals surface area contributed by atoms with Gasteiger partial charge in [0.15, 0.2) is 0 Å². The predicted molar refractivity (Wildman–Crippen MR) is 120 cm³/mol. The second-order valence-electron chi connectivity index (χ2n) is 7.85. The molecule has 0 fully saturated rings. The molecular weight excluding hydrogens is 376 g/mol. The Morgan fingerprint density at radius 3 is 2.37 bits per heavy atom. The summed E-state index contributed by atoms with van der Waals surface area (Å²) in [6, 6.07) is 20.8. The van der Waals surface area contributed by atoms with Gasteiger partial charge in [-0.15, -0.1) is 0 Å². The van der Waals surface area contributed by atoms with Crippen molar-refractivity contribution in [1.82, 2.24) is 0 Å². The molecule has 0 unspecified atom stereocenters. The highest BCUT2D eigenvalue weighted by molar-refractivity contribution is 6.07. The molecular formula is C25H24N2O3. The molecule has 0 heterocycles. The minimum absolute atomic E-state index is 0.0544. The molecule has 0 spiro atoms. The molecule has 5 heteroatoms. The van der Waals surface area contributed by atoms with E-state index >= 15 is 0 Å². The van der Waals surface area contributed by atoms with E-state index in [1.54, 1.807) is 12.1 Å². The Morgan fingerprint density at radius 2 is 1.63 bits per heavy atom. The first-order valence-electron chi connectivity index (χ1n) is 10.0. The fraction of sp³-hybridized carbons (Fsp3) is 0.200. The molecule has 1 aliphatic carbocycles. The number of non-ortho nitro benzene ring substituents is 1. The number of hydrogen-bond acceptors (Lipinski definition) is 4. The van der Waals surface area contributed by atoms with Crippen molar-refractivity contribution < 1.29 is 9.66 Å². The summed E-state index contributed by atoms with van der Waals surface area (Å²) in [6.07, 6.45) is 2.05. The summed E-state index contributed by atoms with van der Waals surface area (Å²) in [4.78, 5) is 11.0. The molecule has 5 nitrogen and oxygen atoms in total. The average Bonchev–Trinajstić information content (AvgIpc) is 3.06. The molecule has 4 rings (SSSR count). The van der Waals surface area contributed by atoms with Crippen LogP contribution in [0.4, 0.5) is 5.69 Å². The van der Waals surface area contributed by atoms with Gasteiger partial charge in [0, 0.05) is 23.7 Å². The lowest BCUT2D eigenvalue weighted by atomic mass is 10.0. The molecule has 30 heavy (non-hydrogen) atoms. The van der Waals surface area contributed by atoms with Gasteiger partial charge < -0.3 is 10.5 Å². The molecule has 0 amide bonds. The van der Waals surface area contributed by atoms with Gasteiger partial charge in [0.05, 0.1) is 4.92 Å². The van der Waals surface area contributed by atoms with E-state index in [0.717, 1.165) is 39.1 Å². The second-order valence-corrected chi connectivity index (χ2v) is 7.85. The summed E-state index contributed by atoms with van der Waals surface area (Å²) in [5.41, 5.74) is 12.1. The molecule has 152 valence electrons. The predicted octanol–water partition coefficient (Wildman–Crippen LogP) is 5.53. The SMILES string of the molecule is CC(C)[C@H](N)COc1ccccc1/C=C1\c2ccccc2-c2ccc([N+](=O)[O-])cc21. The lowest BCUT2D eigenvalue weighted by Gasteiger charge is -2.17. The fourth-order valence-corrected chi connectivity index (χ4v) is 3.62. The number of nitrogens with two attached hydrogens (primary N) is 1. The van der Waals surface area contributed by atoms with Gasteiger partial charge >= 0.3 is 0 Å². The molecule has 3 aromatic carbocycles.